The molecule has 2 rings (SSSR count). The molecule has 0 bridgehead atoms. The molecule has 94 valence electrons. The Hall–Kier alpha value is -0.160. The van der Waals surface area contributed by atoms with Gasteiger partial charge in [0.15, 0.2) is 0 Å². The van der Waals surface area contributed by atoms with E-state index >= 15 is 0 Å². The van der Waals surface area contributed by atoms with Crippen molar-refractivity contribution in [3.63, 3.8) is 0 Å². The van der Waals surface area contributed by atoms with Gasteiger partial charge in [-0.3, -0.25) is 9.80 Å². The number of ether oxygens (including phenoxy) is 1. The quantitative estimate of drug-likeness (QED) is 0.715. The number of piperazine rings is 1. The Balaban J connectivity index is 1.74. The smallest absolute Gasteiger partial charge is 0.0617 e. The summed E-state index contributed by atoms with van der Waals surface area (Å²) < 4.78 is 5.29. The summed E-state index contributed by atoms with van der Waals surface area (Å²) in [5.41, 5.74) is 0. The lowest BCUT2D eigenvalue weighted by Crippen LogP contribution is -2.62. The molecule has 0 aliphatic carbocycles. The Morgan fingerprint density at radius 1 is 1.25 bits per heavy atom. The zero-order valence-electron chi connectivity index (χ0n) is 10.6. The predicted octanol–water partition coefficient (Wildman–Crippen LogP) is 0.000800. The summed E-state index contributed by atoms with van der Waals surface area (Å²) in [5.74, 6) is 0. The van der Waals surface area contributed by atoms with Crippen LogP contribution in [0.1, 0.15) is 13.3 Å². The van der Waals surface area contributed by atoms with Crippen molar-refractivity contribution in [2.75, 3.05) is 53.0 Å². The standard InChI is InChI=1S/C12H25N3O/c1-3-11(10-16-2)14-4-6-15(7-5-14)12-8-13-9-12/h11-13H,3-10H2,1-2H3. The summed E-state index contributed by atoms with van der Waals surface area (Å²) in [6.45, 7) is 10.4. The Morgan fingerprint density at radius 3 is 2.38 bits per heavy atom. The highest BCUT2D eigenvalue weighted by molar-refractivity contribution is 4.88. The molecule has 0 spiro atoms. The Morgan fingerprint density at radius 2 is 1.94 bits per heavy atom. The zero-order chi connectivity index (χ0) is 11.4. The topological polar surface area (TPSA) is 27.7 Å². The minimum Gasteiger partial charge on any atom is -0.383 e. The van der Waals surface area contributed by atoms with Crippen LogP contribution in [0.25, 0.3) is 0 Å². The normalized spacial score (nSPS) is 26.6. The van der Waals surface area contributed by atoms with E-state index in [1.807, 2.05) is 0 Å². The number of nitrogens with one attached hydrogen (secondary N) is 1. The molecule has 2 saturated heterocycles. The second-order valence-corrected chi connectivity index (χ2v) is 4.90. The van der Waals surface area contributed by atoms with Gasteiger partial charge in [0.05, 0.1) is 6.61 Å². The van der Waals surface area contributed by atoms with Crippen molar-refractivity contribution in [1.82, 2.24) is 15.1 Å². The molecular weight excluding hydrogens is 202 g/mol. The molecule has 1 unspecified atom stereocenters. The monoisotopic (exact) mass is 227 g/mol. The lowest BCUT2D eigenvalue weighted by Gasteiger charge is -2.45. The number of methoxy groups -OCH3 is 1. The van der Waals surface area contributed by atoms with Gasteiger partial charge in [-0.2, -0.15) is 0 Å². The van der Waals surface area contributed by atoms with Gasteiger partial charge in [0.1, 0.15) is 0 Å². The minimum absolute atomic E-state index is 0.617. The van der Waals surface area contributed by atoms with E-state index in [2.05, 4.69) is 22.0 Å². The van der Waals surface area contributed by atoms with Gasteiger partial charge < -0.3 is 10.1 Å². The van der Waals surface area contributed by atoms with Gasteiger partial charge in [0, 0.05) is 58.5 Å². The van der Waals surface area contributed by atoms with E-state index in [9.17, 15) is 0 Å². The molecule has 1 atom stereocenters. The van der Waals surface area contributed by atoms with Gasteiger partial charge in [0.2, 0.25) is 0 Å². The number of hydrogen-bond donors (Lipinski definition) is 1. The van der Waals surface area contributed by atoms with E-state index in [1.165, 1.54) is 45.7 Å². The Kier molecular flexibility index (Phi) is 4.58. The highest BCUT2D eigenvalue weighted by Gasteiger charge is 2.29. The van der Waals surface area contributed by atoms with Crippen LogP contribution in [-0.4, -0.2) is 74.9 Å². The molecule has 0 amide bonds. The average molecular weight is 227 g/mol. The van der Waals surface area contributed by atoms with E-state index in [0.717, 1.165) is 12.6 Å². The molecule has 16 heavy (non-hydrogen) atoms. The Labute approximate surface area is 98.9 Å². The van der Waals surface area contributed by atoms with Crippen molar-refractivity contribution in [1.29, 1.82) is 0 Å². The van der Waals surface area contributed by atoms with Crippen molar-refractivity contribution in [2.24, 2.45) is 0 Å². The van der Waals surface area contributed by atoms with E-state index in [4.69, 9.17) is 4.74 Å². The first kappa shape index (κ1) is 12.3. The van der Waals surface area contributed by atoms with Crippen molar-refractivity contribution >= 4 is 0 Å². The maximum atomic E-state index is 5.29. The predicted molar refractivity (Wildman–Crippen MR) is 65.8 cm³/mol. The van der Waals surface area contributed by atoms with Crippen molar-refractivity contribution in [3.8, 4) is 0 Å². The molecule has 0 aromatic heterocycles. The number of hydrogen-bond acceptors (Lipinski definition) is 4. The third-order valence-electron chi connectivity index (χ3n) is 3.97. The fraction of sp³-hybridized carbons (Fsp3) is 1.00. The average Bonchev–Trinajstić information content (AvgIpc) is 2.25. The summed E-state index contributed by atoms with van der Waals surface area (Å²) in [6, 6.07) is 1.43. The Bertz CT molecular complexity index is 200. The largest absolute Gasteiger partial charge is 0.383 e. The summed E-state index contributed by atoms with van der Waals surface area (Å²) >= 11 is 0. The summed E-state index contributed by atoms with van der Waals surface area (Å²) in [6.07, 6.45) is 1.19. The van der Waals surface area contributed by atoms with Crippen molar-refractivity contribution < 1.29 is 4.74 Å². The van der Waals surface area contributed by atoms with Gasteiger partial charge >= 0.3 is 0 Å². The van der Waals surface area contributed by atoms with Crippen LogP contribution in [0.3, 0.4) is 0 Å². The molecule has 0 saturated carbocycles. The molecule has 0 aromatic rings. The van der Waals surface area contributed by atoms with Crippen LogP contribution < -0.4 is 5.32 Å². The maximum absolute atomic E-state index is 5.29. The molecule has 0 aromatic carbocycles. The van der Waals surface area contributed by atoms with Gasteiger partial charge in [-0.25, -0.2) is 0 Å². The molecule has 2 aliphatic heterocycles. The third-order valence-corrected chi connectivity index (χ3v) is 3.97. The zero-order valence-corrected chi connectivity index (χ0v) is 10.6. The minimum atomic E-state index is 0.617. The maximum Gasteiger partial charge on any atom is 0.0617 e. The van der Waals surface area contributed by atoms with Gasteiger partial charge in [-0.05, 0) is 6.42 Å². The summed E-state index contributed by atoms with van der Waals surface area (Å²) in [5, 5.41) is 3.35. The van der Waals surface area contributed by atoms with Crippen LogP contribution in [0, 0.1) is 0 Å². The van der Waals surface area contributed by atoms with Gasteiger partial charge in [-0.1, -0.05) is 6.92 Å². The molecule has 2 heterocycles. The first-order valence-electron chi connectivity index (χ1n) is 6.53. The summed E-state index contributed by atoms with van der Waals surface area (Å²) in [7, 11) is 1.80. The molecule has 4 heteroatoms. The molecule has 1 N–H and O–H groups in total. The third kappa shape index (κ3) is 2.74. The first-order valence-corrected chi connectivity index (χ1v) is 6.53. The van der Waals surface area contributed by atoms with Crippen LogP contribution >= 0.6 is 0 Å². The van der Waals surface area contributed by atoms with Gasteiger partial charge in [0.25, 0.3) is 0 Å². The van der Waals surface area contributed by atoms with E-state index in [1.54, 1.807) is 7.11 Å². The molecular formula is C12H25N3O. The fourth-order valence-corrected chi connectivity index (χ4v) is 2.67. The molecule has 2 aliphatic rings. The van der Waals surface area contributed by atoms with Crippen LogP contribution in [0.5, 0.6) is 0 Å². The second-order valence-electron chi connectivity index (χ2n) is 4.90. The van der Waals surface area contributed by atoms with Crippen LogP contribution in [0.4, 0.5) is 0 Å². The highest BCUT2D eigenvalue weighted by Crippen LogP contribution is 2.13. The molecule has 2 fully saturated rings. The van der Waals surface area contributed by atoms with Gasteiger partial charge in [-0.15, -0.1) is 0 Å². The second kappa shape index (κ2) is 5.96. The molecule has 4 nitrogen and oxygen atoms in total. The highest BCUT2D eigenvalue weighted by atomic mass is 16.5. The van der Waals surface area contributed by atoms with Crippen LogP contribution in [0.2, 0.25) is 0 Å². The lowest BCUT2D eigenvalue weighted by atomic mass is 10.1. The van der Waals surface area contributed by atoms with Crippen molar-refractivity contribution in [3.05, 3.63) is 0 Å². The first-order chi connectivity index (χ1) is 7.85. The van der Waals surface area contributed by atoms with E-state index in [-0.39, 0.29) is 0 Å². The van der Waals surface area contributed by atoms with Crippen LogP contribution in [0.15, 0.2) is 0 Å². The lowest BCUT2D eigenvalue weighted by molar-refractivity contribution is 0.0246. The number of rotatable bonds is 5. The van der Waals surface area contributed by atoms with Crippen LogP contribution in [-0.2, 0) is 4.74 Å². The summed E-state index contributed by atoms with van der Waals surface area (Å²) in [4.78, 5) is 5.22. The van der Waals surface area contributed by atoms with Crippen molar-refractivity contribution in [2.45, 2.75) is 25.4 Å². The van der Waals surface area contributed by atoms with E-state index in [0.29, 0.717) is 6.04 Å². The van der Waals surface area contributed by atoms with E-state index < -0.39 is 0 Å². The SMILES string of the molecule is CCC(COC)N1CCN(C2CNC2)CC1. The number of nitrogens with zero attached hydrogens (tertiary/aromatic N) is 2. The molecule has 0 radical (unpaired) electrons. The fourth-order valence-electron chi connectivity index (χ4n) is 2.67.